The quantitative estimate of drug-likeness (QED) is 0.218. The number of para-hydroxylation sites is 1. The van der Waals surface area contributed by atoms with Crippen molar-refractivity contribution in [1.29, 1.82) is 0 Å². The molecule has 1 fully saturated rings. The Morgan fingerprint density at radius 1 is 1.09 bits per heavy atom. The van der Waals surface area contributed by atoms with Crippen molar-refractivity contribution >= 4 is 40.5 Å². The number of benzene rings is 2. The summed E-state index contributed by atoms with van der Waals surface area (Å²) in [6.45, 7) is 1.30. The van der Waals surface area contributed by atoms with Gasteiger partial charge in [0.15, 0.2) is 5.78 Å². The van der Waals surface area contributed by atoms with E-state index in [1.807, 2.05) is 0 Å². The number of hydrogen-bond acceptors (Lipinski definition) is 7. The molecule has 8 nitrogen and oxygen atoms in total. The normalized spacial score (nSPS) is 14.9. The minimum atomic E-state index is -0.544. The van der Waals surface area contributed by atoms with E-state index in [2.05, 4.69) is 0 Å². The number of rotatable bonds is 6. The molecule has 2 aromatic carbocycles. The number of nitro benzene ring substituents is 1. The summed E-state index contributed by atoms with van der Waals surface area (Å²) < 4.78 is 5.77. The van der Waals surface area contributed by atoms with Crippen LogP contribution in [0.2, 0.25) is 0 Å². The number of ketones is 1. The first-order chi connectivity index (χ1) is 15.3. The molecule has 2 amide bonds. The SMILES string of the molecule is CC(=O)c1ccc(-c2ccc(/C=C3\SC(=O)N(Cc4ccccc4[N+](=O)[O-])C3=O)o2)cc1. The zero-order valence-corrected chi connectivity index (χ0v) is 17.6. The lowest BCUT2D eigenvalue weighted by molar-refractivity contribution is -0.385. The van der Waals surface area contributed by atoms with Crippen LogP contribution in [-0.2, 0) is 11.3 Å². The number of nitro groups is 1. The van der Waals surface area contributed by atoms with Crippen molar-refractivity contribution < 1.29 is 23.7 Å². The molecule has 1 aliphatic rings. The van der Waals surface area contributed by atoms with Gasteiger partial charge in [-0.15, -0.1) is 0 Å². The van der Waals surface area contributed by atoms with Gasteiger partial charge in [-0.3, -0.25) is 29.4 Å². The molecule has 0 aliphatic carbocycles. The fourth-order valence-electron chi connectivity index (χ4n) is 3.21. The van der Waals surface area contributed by atoms with Crippen LogP contribution in [0.1, 0.15) is 28.6 Å². The Bertz CT molecular complexity index is 1280. The van der Waals surface area contributed by atoms with Crippen molar-refractivity contribution in [2.24, 2.45) is 0 Å². The van der Waals surface area contributed by atoms with Gasteiger partial charge in [0.1, 0.15) is 11.5 Å². The van der Waals surface area contributed by atoms with Gasteiger partial charge in [0.05, 0.1) is 16.4 Å². The molecule has 160 valence electrons. The van der Waals surface area contributed by atoms with Crippen LogP contribution in [0.4, 0.5) is 10.5 Å². The molecule has 4 rings (SSSR count). The number of imide groups is 1. The lowest BCUT2D eigenvalue weighted by Gasteiger charge is -2.12. The number of Topliss-reactive ketones (excluding diaryl/α,β-unsaturated/α-hetero) is 1. The zero-order chi connectivity index (χ0) is 22.8. The molecule has 32 heavy (non-hydrogen) atoms. The van der Waals surface area contributed by atoms with Crippen LogP contribution in [-0.4, -0.2) is 26.8 Å². The Kier molecular flexibility index (Phi) is 5.74. The smallest absolute Gasteiger partial charge is 0.293 e. The Balaban J connectivity index is 1.54. The van der Waals surface area contributed by atoms with Gasteiger partial charge in [0.25, 0.3) is 16.8 Å². The largest absolute Gasteiger partial charge is 0.457 e. The predicted molar refractivity (Wildman–Crippen MR) is 119 cm³/mol. The van der Waals surface area contributed by atoms with E-state index in [1.54, 1.807) is 42.5 Å². The monoisotopic (exact) mass is 448 g/mol. The van der Waals surface area contributed by atoms with Crippen molar-refractivity contribution in [2.45, 2.75) is 13.5 Å². The molecular weight excluding hydrogens is 432 g/mol. The molecule has 0 unspecified atom stereocenters. The minimum Gasteiger partial charge on any atom is -0.457 e. The third-order valence-corrected chi connectivity index (χ3v) is 5.77. The second-order valence-corrected chi connectivity index (χ2v) is 7.98. The average Bonchev–Trinajstić information content (AvgIpc) is 3.34. The molecule has 0 saturated carbocycles. The topological polar surface area (TPSA) is 111 Å². The summed E-state index contributed by atoms with van der Waals surface area (Å²) in [4.78, 5) is 48.4. The highest BCUT2D eigenvalue weighted by molar-refractivity contribution is 8.18. The molecule has 9 heteroatoms. The number of amides is 2. The second kappa shape index (κ2) is 8.64. The first-order valence-electron chi connectivity index (χ1n) is 9.52. The van der Waals surface area contributed by atoms with E-state index in [-0.39, 0.29) is 28.5 Å². The summed E-state index contributed by atoms with van der Waals surface area (Å²) in [5.41, 5.74) is 1.48. The standard InChI is InChI=1S/C23H16N2O6S/c1-14(26)15-6-8-16(9-7-15)20-11-10-18(31-20)12-21-22(27)24(23(28)32-21)13-17-4-2-3-5-19(17)25(29)30/h2-12H,13H2,1H3/b21-12-. The maximum Gasteiger partial charge on any atom is 0.293 e. The van der Waals surface area contributed by atoms with Crippen LogP contribution in [0.15, 0.2) is 70.0 Å². The van der Waals surface area contributed by atoms with Crippen LogP contribution in [0, 0.1) is 10.1 Å². The maximum atomic E-state index is 12.8. The summed E-state index contributed by atoms with van der Waals surface area (Å²) >= 11 is 0.752. The Morgan fingerprint density at radius 3 is 2.50 bits per heavy atom. The molecule has 1 aliphatic heterocycles. The van der Waals surface area contributed by atoms with Crippen LogP contribution in [0.3, 0.4) is 0 Å². The van der Waals surface area contributed by atoms with E-state index in [9.17, 15) is 24.5 Å². The van der Waals surface area contributed by atoms with E-state index in [0.29, 0.717) is 17.1 Å². The molecular formula is C23H16N2O6S. The third-order valence-electron chi connectivity index (χ3n) is 4.87. The number of furan rings is 1. The Morgan fingerprint density at radius 2 is 1.81 bits per heavy atom. The van der Waals surface area contributed by atoms with Crippen LogP contribution in [0.25, 0.3) is 17.4 Å². The molecule has 0 spiro atoms. The maximum absolute atomic E-state index is 12.8. The Hall–Kier alpha value is -3.98. The summed E-state index contributed by atoms with van der Waals surface area (Å²) in [5, 5.41) is 10.7. The van der Waals surface area contributed by atoms with E-state index < -0.39 is 16.1 Å². The van der Waals surface area contributed by atoms with E-state index in [1.165, 1.54) is 31.2 Å². The molecule has 1 saturated heterocycles. The van der Waals surface area contributed by atoms with Gasteiger partial charge in [-0.25, -0.2) is 0 Å². The lowest BCUT2D eigenvalue weighted by Crippen LogP contribution is -2.27. The summed E-state index contributed by atoms with van der Waals surface area (Å²) in [6.07, 6.45) is 1.47. The van der Waals surface area contributed by atoms with Crippen molar-refractivity contribution in [3.63, 3.8) is 0 Å². The number of carbonyl (C=O) groups excluding carboxylic acids is 3. The van der Waals surface area contributed by atoms with E-state index >= 15 is 0 Å². The predicted octanol–water partition coefficient (Wildman–Crippen LogP) is 5.29. The van der Waals surface area contributed by atoms with Gasteiger partial charge in [0.2, 0.25) is 0 Å². The van der Waals surface area contributed by atoms with Crippen molar-refractivity contribution in [2.75, 3.05) is 0 Å². The van der Waals surface area contributed by atoms with Gasteiger partial charge in [-0.1, -0.05) is 42.5 Å². The van der Waals surface area contributed by atoms with Crippen molar-refractivity contribution in [3.05, 3.63) is 92.6 Å². The first-order valence-corrected chi connectivity index (χ1v) is 10.3. The minimum absolute atomic E-state index is 0.0340. The molecule has 1 aromatic heterocycles. The fourth-order valence-corrected chi connectivity index (χ4v) is 4.03. The fraction of sp³-hybridized carbons (Fsp3) is 0.0870. The summed E-state index contributed by atoms with van der Waals surface area (Å²) in [5.74, 6) is 0.354. The molecule has 0 radical (unpaired) electrons. The molecule has 0 bridgehead atoms. The van der Waals surface area contributed by atoms with Crippen molar-refractivity contribution in [1.82, 2.24) is 4.90 Å². The number of carbonyl (C=O) groups is 3. The van der Waals surface area contributed by atoms with E-state index in [0.717, 1.165) is 22.2 Å². The second-order valence-electron chi connectivity index (χ2n) is 6.99. The van der Waals surface area contributed by atoms with Crippen LogP contribution >= 0.6 is 11.8 Å². The van der Waals surface area contributed by atoms with E-state index in [4.69, 9.17) is 4.42 Å². The van der Waals surface area contributed by atoms with Gasteiger partial charge in [-0.2, -0.15) is 0 Å². The highest BCUT2D eigenvalue weighted by atomic mass is 32.2. The number of hydrogen-bond donors (Lipinski definition) is 0. The average molecular weight is 448 g/mol. The third kappa shape index (κ3) is 4.23. The zero-order valence-electron chi connectivity index (χ0n) is 16.8. The molecule has 0 atom stereocenters. The molecule has 3 aromatic rings. The first kappa shape index (κ1) is 21.3. The lowest BCUT2D eigenvalue weighted by atomic mass is 10.1. The van der Waals surface area contributed by atoms with Crippen molar-refractivity contribution in [3.8, 4) is 11.3 Å². The Labute approximate surface area is 186 Å². The van der Waals surface area contributed by atoms with Gasteiger partial charge < -0.3 is 4.42 Å². The summed E-state index contributed by atoms with van der Waals surface area (Å²) in [7, 11) is 0. The number of thioether (sulfide) groups is 1. The van der Waals surface area contributed by atoms with Gasteiger partial charge in [-0.05, 0) is 30.8 Å². The number of nitrogens with zero attached hydrogens (tertiary/aromatic N) is 2. The highest BCUT2D eigenvalue weighted by Gasteiger charge is 2.36. The highest BCUT2D eigenvalue weighted by Crippen LogP contribution is 2.35. The van der Waals surface area contributed by atoms with Crippen LogP contribution < -0.4 is 0 Å². The molecule has 2 heterocycles. The van der Waals surface area contributed by atoms with Crippen LogP contribution in [0.5, 0.6) is 0 Å². The molecule has 0 N–H and O–H groups in total. The van der Waals surface area contributed by atoms with Gasteiger partial charge in [0, 0.05) is 28.8 Å². The summed E-state index contributed by atoms with van der Waals surface area (Å²) in [6, 6.07) is 16.3. The van der Waals surface area contributed by atoms with Gasteiger partial charge >= 0.3 is 0 Å².